The molecule has 0 aromatic carbocycles. The number of aromatic nitrogens is 3. The van der Waals surface area contributed by atoms with Gasteiger partial charge in [0.1, 0.15) is 0 Å². The molecule has 7 heteroatoms. The topological polar surface area (TPSA) is 62.7 Å². The summed E-state index contributed by atoms with van der Waals surface area (Å²) in [6.45, 7) is 0.838. The van der Waals surface area contributed by atoms with E-state index in [4.69, 9.17) is 11.6 Å². The molecule has 5 nitrogen and oxygen atoms in total. The van der Waals surface area contributed by atoms with Crippen LogP contribution in [0, 0.1) is 0 Å². The van der Waals surface area contributed by atoms with E-state index in [1.54, 1.807) is 7.05 Å². The van der Waals surface area contributed by atoms with Gasteiger partial charge in [-0.2, -0.15) is 26.7 Å². The van der Waals surface area contributed by atoms with Gasteiger partial charge in [-0.15, -0.1) is 0 Å². The monoisotopic (exact) mass is 247 g/mol. The van der Waals surface area contributed by atoms with Gasteiger partial charge >= 0.3 is 0 Å². The van der Waals surface area contributed by atoms with Crippen LogP contribution in [0.4, 0.5) is 11.9 Å². The Morgan fingerprint density at radius 2 is 2.00 bits per heavy atom. The summed E-state index contributed by atoms with van der Waals surface area (Å²) >= 11 is 7.54. The van der Waals surface area contributed by atoms with Crippen molar-refractivity contribution in [2.24, 2.45) is 0 Å². The Hall–Kier alpha value is -0.750. The van der Waals surface area contributed by atoms with Crippen molar-refractivity contribution in [3.63, 3.8) is 0 Å². The van der Waals surface area contributed by atoms with E-state index in [1.807, 2.05) is 11.8 Å². The van der Waals surface area contributed by atoms with Crippen molar-refractivity contribution in [3.8, 4) is 0 Å². The second-order valence-corrected chi connectivity index (χ2v) is 4.10. The summed E-state index contributed by atoms with van der Waals surface area (Å²) in [7, 11) is 1.74. The van der Waals surface area contributed by atoms with Crippen molar-refractivity contribution in [1.82, 2.24) is 15.0 Å². The third-order valence-electron chi connectivity index (χ3n) is 1.64. The minimum Gasteiger partial charge on any atom is -0.357 e. The molecule has 0 aliphatic rings. The summed E-state index contributed by atoms with van der Waals surface area (Å²) in [5.74, 6) is 2.10. The second-order valence-electron chi connectivity index (χ2n) is 2.77. The molecule has 0 unspecified atom stereocenters. The lowest BCUT2D eigenvalue weighted by Gasteiger charge is -2.05. The molecule has 0 bridgehead atoms. The summed E-state index contributed by atoms with van der Waals surface area (Å²) in [5.41, 5.74) is 0. The van der Waals surface area contributed by atoms with Crippen LogP contribution in [0.5, 0.6) is 0 Å². The highest BCUT2D eigenvalue weighted by Gasteiger charge is 2.02. The predicted octanol–water partition coefficient (Wildman–Crippen LogP) is 1.73. The summed E-state index contributed by atoms with van der Waals surface area (Å²) in [5, 5.41) is 6.11. The fourth-order valence-corrected chi connectivity index (χ4v) is 1.55. The summed E-state index contributed by atoms with van der Waals surface area (Å²) < 4.78 is 0. The number of halogens is 1. The largest absolute Gasteiger partial charge is 0.357 e. The van der Waals surface area contributed by atoms with Crippen molar-refractivity contribution in [2.45, 2.75) is 6.42 Å². The second kappa shape index (κ2) is 6.68. The van der Waals surface area contributed by atoms with Crippen LogP contribution < -0.4 is 10.6 Å². The fraction of sp³-hybridized carbons (Fsp3) is 0.625. The standard InChI is InChI=1S/C8H14ClN5S/c1-10-7-12-6(9)13-8(14-7)11-4-3-5-15-2/h3-5H2,1-2H3,(H2,10,11,12,13,14). The van der Waals surface area contributed by atoms with Gasteiger partial charge < -0.3 is 10.6 Å². The molecule has 0 aliphatic heterocycles. The first kappa shape index (κ1) is 12.3. The van der Waals surface area contributed by atoms with Gasteiger partial charge in [-0.1, -0.05) is 0 Å². The number of rotatable bonds is 6. The van der Waals surface area contributed by atoms with E-state index in [0.29, 0.717) is 11.9 Å². The van der Waals surface area contributed by atoms with Gasteiger partial charge in [0.05, 0.1) is 0 Å². The smallest absolute Gasteiger partial charge is 0.228 e. The Morgan fingerprint density at radius 1 is 1.27 bits per heavy atom. The van der Waals surface area contributed by atoms with E-state index in [1.165, 1.54) is 0 Å². The molecule has 1 aromatic heterocycles. The molecule has 0 aliphatic carbocycles. The molecule has 0 spiro atoms. The Morgan fingerprint density at radius 3 is 2.67 bits per heavy atom. The van der Waals surface area contributed by atoms with E-state index in [9.17, 15) is 0 Å². The quantitative estimate of drug-likeness (QED) is 0.747. The number of nitrogens with one attached hydrogen (secondary N) is 2. The van der Waals surface area contributed by atoms with Crippen LogP contribution >= 0.6 is 23.4 Å². The molecule has 15 heavy (non-hydrogen) atoms. The van der Waals surface area contributed by atoms with Gasteiger partial charge in [0, 0.05) is 13.6 Å². The molecule has 1 heterocycles. The Kier molecular flexibility index (Phi) is 5.49. The highest BCUT2D eigenvalue weighted by molar-refractivity contribution is 7.98. The van der Waals surface area contributed by atoms with E-state index in [2.05, 4.69) is 31.8 Å². The number of hydrogen-bond donors (Lipinski definition) is 2. The molecule has 0 saturated carbocycles. The van der Waals surface area contributed by atoms with Crippen LogP contribution in [0.1, 0.15) is 6.42 Å². The number of thioether (sulfide) groups is 1. The number of anilines is 2. The summed E-state index contributed by atoms with van der Waals surface area (Å²) in [6.07, 6.45) is 3.15. The van der Waals surface area contributed by atoms with Crippen molar-refractivity contribution in [1.29, 1.82) is 0 Å². The number of hydrogen-bond acceptors (Lipinski definition) is 6. The first-order chi connectivity index (χ1) is 7.26. The molecule has 0 amide bonds. The van der Waals surface area contributed by atoms with Crippen molar-refractivity contribution >= 4 is 35.3 Å². The summed E-state index contributed by atoms with van der Waals surface area (Å²) in [4.78, 5) is 12.0. The van der Waals surface area contributed by atoms with Crippen molar-refractivity contribution < 1.29 is 0 Å². The molecule has 2 N–H and O–H groups in total. The van der Waals surface area contributed by atoms with Gasteiger partial charge in [0.15, 0.2) is 0 Å². The zero-order valence-corrected chi connectivity index (χ0v) is 10.3. The van der Waals surface area contributed by atoms with Gasteiger partial charge in [-0.25, -0.2) is 0 Å². The maximum atomic E-state index is 5.72. The molecule has 1 rings (SSSR count). The Balaban J connectivity index is 2.49. The van der Waals surface area contributed by atoms with Crippen LogP contribution in [0.15, 0.2) is 0 Å². The highest BCUT2D eigenvalue weighted by atomic mass is 35.5. The minimum absolute atomic E-state index is 0.196. The average Bonchev–Trinajstić information content (AvgIpc) is 2.23. The normalized spacial score (nSPS) is 10.1. The van der Waals surface area contributed by atoms with Gasteiger partial charge in [0.25, 0.3) is 0 Å². The van der Waals surface area contributed by atoms with Crippen LogP contribution in [-0.4, -0.2) is 40.6 Å². The lowest BCUT2D eigenvalue weighted by molar-refractivity contribution is 0.948. The maximum Gasteiger partial charge on any atom is 0.228 e. The highest BCUT2D eigenvalue weighted by Crippen LogP contribution is 2.08. The molecule has 84 valence electrons. The van der Waals surface area contributed by atoms with Crippen molar-refractivity contribution in [2.75, 3.05) is 36.2 Å². The molecule has 1 aromatic rings. The minimum atomic E-state index is 0.196. The molecular weight excluding hydrogens is 234 g/mol. The molecular formula is C8H14ClN5S. The van der Waals surface area contributed by atoms with Crippen LogP contribution in [0.2, 0.25) is 5.28 Å². The molecule has 0 radical (unpaired) electrons. The summed E-state index contributed by atoms with van der Waals surface area (Å²) in [6, 6.07) is 0. The van der Waals surface area contributed by atoms with Gasteiger partial charge in [0.2, 0.25) is 17.2 Å². The lowest BCUT2D eigenvalue weighted by atomic mass is 10.5. The molecule has 0 fully saturated rings. The molecule has 0 saturated heterocycles. The average molecular weight is 248 g/mol. The first-order valence-electron chi connectivity index (χ1n) is 4.58. The van der Waals surface area contributed by atoms with E-state index in [0.717, 1.165) is 18.7 Å². The number of nitrogens with zero attached hydrogens (tertiary/aromatic N) is 3. The van der Waals surface area contributed by atoms with Crippen LogP contribution in [0.25, 0.3) is 0 Å². The zero-order chi connectivity index (χ0) is 11.1. The van der Waals surface area contributed by atoms with Crippen LogP contribution in [0.3, 0.4) is 0 Å². The predicted molar refractivity (Wildman–Crippen MR) is 65.9 cm³/mol. The van der Waals surface area contributed by atoms with Gasteiger partial charge in [-0.05, 0) is 30.0 Å². The zero-order valence-electron chi connectivity index (χ0n) is 8.75. The first-order valence-corrected chi connectivity index (χ1v) is 6.35. The third kappa shape index (κ3) is 4.53. The third-order valence-corrected chi connectivity index (χ3v) is 2.51. The maximum absolute atomic E-state index is 5.72. The van der Waals surface area contributed by atoms with Crippen molar-refractivity contribution in [3.05, 3.63) is 5.28 Å². The van der Waals surface area contributed by atoms with Crippen LogP contribution in [-0.2, 0) is 0 Å². The lowest BCUT2D eigenvalue weighted by Crippen LogP contribution is -2.09. The Labute approximate surface area is 98.4 Å². The van der Waals surface area contributed by atoms with E-state index < -0.39 is 0 Å². The van der Waals surface area contributed by atoms with E-state index >= 15 is 0 Å². The SMILES string of the molecule is CNc1nc(Cl)nc(NCCCSC)n1. The molecule has 0 atom stereocenters. The van der Waals surface area contributed by atoms with Gasteiger partial charge in [-0.3, -0.25) is 0 Å². The van der Waals surface area contributed by atoms with E-state index in [-0.39, 0.29) is 5.28 Å². The Bertz CT molecular complexity index is 309. The fourth-order valence-electron chi connectivity index (χ4n) is 0.958.